The van der Waals surface area contributed by atoms with Gasteiger partial charge in [-0.15, -0.1) is 11.8 Å². The molecule has 3 rings (SSSR count). The summed E-state index contributed by atoms with van der Waals surface area (Å²) in [7, 11) is 0. The molecule has 0 amide bonds. The number of hydrogen-bond acceptors (Lipinski definition) is 1. The van der Waals surface area contributed by atoms with Crippen molar-refractivity contribution in [3.63, 3.8) is 0 Å². The Morgan fingerprint density at radius 3 is 2.40 bits per heavy atom. The third-order valence-corrected chi connectivity index (χ3v) is 7.69. The topological polar surface area (TPSA) is 0 Å². The molecule has 0 aromatic heterocycles. The van der Waals surface area contributed by atoms with Crippen LogP contribution >= 0.6 is 11.8 Å². The second kappa shape index (κ2) is 14.0. The van der Waals surface area contributed by atoms with Crippen molar-refractivity contribution in [1.82, 2.24) is 0 Å². The SMILES string of the molecule is CC=C(C)CCC1CCC(CC2=CCCC=C2)CC1.CCSc1ccc(C)cc1C. The molecule has 1 fully saturated rings. The Bertz CT molecular complexity index is 714. The molecule has 0 spiro atoms. The highest BCUT2D eigenvalue weighted by Gasteiger charge is 2.21. The van der Waals surface area contributed by atoms with Crippen molar-refractivity contribution in [2.45, 2.75) is 97.3 Å². The molecule has 1 aromatic carbocycles. The van der Waals surface area contributed by atoms with Gasteiger partial charge in [0.15, 0.2) is 0 Å². The van der Waals surface area contributed by atoms with E-state index >= 15 is 0 Å². The average molecular weight is 425 g/mol. The standard InChI is InChI=1S/C19H30.C10H14S/c1-3-16(2)9-10-17-11-13-19(14-12-17)15-18-7-5-4-6-8-18;1-4-11-10-6-5-8(2)7-9(10)3/h3,5,7-8,17,19H,4,6,9-15H2,1-2H3;5-7H,4H2,1-3H3. The summed E-state index contributed by atoms with van der Waals surface area (Å²) in [5, 5.41) is 0. The Morgan fingerprint density at radius 2 is 1.80 bits per heavy atom. The minimum Gasteiger partial charge on any atom is -0.126 e. The number of thioether (sulfide) groups is 1. The Hall–Kier alpha value is -1.21. The van der Waals surface area contributed by atoms with Gasteiger partial charge in [0.1, 0.15) is 0 Å². The van der Waals surface area contributed by atoms with Gasteiger partial charge < -0.3 is 0 Å². The van der Waals surface area contributed by atoms with Gasteiger partial charge in [0, 0.05) is 4.90 Å². The molecule has 2 aliphatic carbocycles. The number of aryl methyl sites for hydroxylation is 2. The van der Waals surface area contributed by atoms with Gasteiger partial charge >= 0.3 is 0 Å². The normalized spacial score (nSPS) is 21.6. The van der Waals surface area contributed by atoms with E-state index < -0.39 is 0 Å². The van der Waals surface area contributed by atoms with E-state index in [9.17, 15) is 0 Å². The maximum absolute atomic E-state index is 2.46. The van der Waals surface area contributed by atoms with Crippen molar-refractivity contribution in [3.05, 3.63) is 64.8 Å². The summed E-state index contributed by atoms with van der Waals surface area (Å²) >= 11 is 1.91. The van der Waals surface area contributed by atoms with Gasteiger partial charge in [-0.2, -0.15) is 0 Å². The van der Waals surface area contributed by atoms with Crippen LogP contribution in [0.15, 0.2) is 58.5 Å². The maximum atomic E-state index is 2.46. The summed E-state index contributed by atoms with van der Waals surface area (Å²) in [5.41, 5.74) is 5.93. The molecule has 0 bridgehead atoms. The fourth-order valence-electron chi connectivity index (χ4n) is 4.57. The molecule has 0 radical (unpaired) electrons. The van der Waals surface area contributed by atoms with Crippen molar-refractivity contribution in [1.29, 1.82) is 0 Å². The summed E-state index contributed by atoms with van der Waals surface area (Å²) in [6.07, 6.45) is 21.9. The van der Waals surface area contributed by atoms with Crippen LogP contribution in [0.5, 0.6) is 0 Å². The van der Waals surface area contributed by atoms with E-state index in [1.807, 2.05) is 11.8 Å². The molecule has 0 atom stereocenters. The fourth-order valence-corrected chi connectivity index (χ4v) is 5.33. The molecule has 0 saturated heterocycles. The van der Waals surface area contributed by atoms with Gasteiger partial charge in [-0.3, -0.25) is 0 Å². The molecule has 1 aromatic rings. The zero-order chi connectivity index (χ0) is 21.8. The first-order valence-corrected chi connectivity index (χ1v) is 13.2. The Balaban J connectivity index is 0.000000248. The predicted octanol–water partition coefficient (Wildman–Crippen LogP) is 9.62. The molecule has 0 heterocycles. The van der Waals surface area contributed by atoms with Crippen molar-refractivity contribution < 1.29 is 0 Å². The zero-order valence-corrected chi connectivity index (χ0v) is 21.0. The molecule has 0 nitrogen and oxygen atoms in total. The lowest BCUT2D eigenvalue weighted by atomic mass is 9.77. The molecular formula is C29H44S. The summed E-state index contributed by atoms with van der Waals surface area (Å²) in [6, 6.07) is 6.61. The molecule has 166 valence electrons. The van der Waals surface area contributed by atoms with E-state index in [0.29, 0.717) is 0 Å². The highest BCUT2D eigenvalue weighted by atomic mass is 32.2. The van der Waals surface area contributed by atoms with Crippen LogP contribution in [0.3, 0.4) is 0 Å². The molecule has 1 saturated carbocycles. The third-order valence-electron chi connectivity index (χ3n) is 6.63. The molecule has 30 heavy (non-hydrogen) atoms. The second-order valence-electron chi connectivity index (χ2n) is 9.23. The summed E-state index contributed by atoms with van der Waals surface area (Å²) in [5.74, 6) is 3.12. The fraction of sp³-hybridized carbons (Fsp3) is 0.586. The smallest absolute Gasteiger partial charge is 0.0101 e. The Morgan fingerprint density at radius 1 is 1.07 bits per heavy atom. The first-order chi connectivity index (χ1) is 14.5. The first-order valence-electron chi connectivity index (χ1n) is 12.2. The number of rotatable bonds is 7. The maximum Gasteiger partial charge on any atom is 0.0101 e. The molecule has 2 aliphatic rings. The predicted molar refractivity (Wildman–Crippen MR) is 138 cm³/mol. The van der Waals surface area contributed by atoms with Crippen LogP contribution in [0, 0.1) is 25.7 Å². The van der Waals surface area contributed by atoms with Crippen LogP contribution in [0.25, 0.3) is 0 Å². The van der Waals surface area contributed by atoms with E-state index in [1.54, 1.807) is 11.1 Å². The lowest BCUT2D eigenvalue weighted by molar-refractivity contribution is 0.263. The first kappa shape index (κ1) is 25.1. The van der Waals surface area contributed by atoms with Gasteiger partial charge in [0.05, 0.1) is 0 Å². The largest absolute Gasteiger partial charge is 0.126 e. The van der Waals surface area contributed by atoms with Gasteiger partial charge in [-0.25, -0.2) is 0 Å². The molecule has 0 aliphatic heterocycles. The summed E-state index contributed by atoms with van der Waals surface area (Å²) < 4.78 is 0. The van der Waals surface area contributed by atoms with Crippen molar-refractivity contribution >= 4 is 11.8 Å². The minimum absolute atomic E-state index is 0.966. The monoisotopic (exact) mass is 424 g/mol. The highest BCUT2D eigenvalue weighted by Crippen LogP contribution is 2.36. The van der Waals surface area contributed by atoms with Crippen molar-refractivity contribution in [3.8, 4) is 0 Å². The van der Waals surface area contributed by atoms with Crippen LogP contribution in [0.1, 0.15) is 89.7 Å². The highest BCUT2D eigenvalue weighted by molar-refractivity contribution is 7.99. The van der Waals surface area contributed by atoms with Gasteiger partial charge in [0.25, 0.3) is 0 Å². The average Bonchev–Trinajstić information content (AvgIpc) is 2.76. The van der Waals surface area contributed by atoms with Crippen LogP contribution < -0.4 is 0 Å². The van der Waals surface area contributed by atoms with E-state index in [4.69, 9.17) is 0 Å². The molecule has 0 N–H and O–H groups in total. The van der Waals surface area contributed by atoms with Gasteiger partial charge in [-0.1, -0.05) is 72.9 Å². The zero-order valence-electron chi connectivity index (χ0n) is 20.2. The van der Waals surface area contributed by atoms with E-state index in [-0.39, 0.29) is 0 Å². The van der Waals surface area contributed by atoms with Crippen molar-refractivity contribution in [2.24, 2.45) is 11.8 Å². The van der Waals surface area contributed by atoms with Crippen molar-refractivity contribution in [2.75, 3.05) is 5.75 Å². The van der Waals surface area contributed by atoms with Crippen LogP contribution in [0.4, 0.5) is 0 Å². The summed E-state index contributed by atoms with van der Waals surface area (Å²) in [4.78, 5) is 1.41. The lowest BCUT2D eigenvalue weighted by Crippen LogP contribution is -2.15. The molecular weight excluding hydrogens is 380 g/mol. The second-order valence-corrected chi connectivity index (χ2v) is 10.5. The number of hydrogen-bond donors (Lipinski definition) is 0. The minimum atomic E-state index is 0.966. The Kier molecular flexibility index (Phi) is 11.7. The van der Waals surface area contributed by atoms with Gasteiger partial charge in [0.2, 0.25) is 0 Å². The van der Waals surface area contributed by atoms with Crippen LogP contribution in [0.2, 0.25) is 0 Å². The van der Waals surface area contributed by atoms with E-state index in [2.05, 4.69) is 77.1 Å². The third kappa shape index (κ3) is 9.29. The Labute approximate surface area is 191 Å². The van der Waals surface area contributed by atoms with E-state index in [0.717, 1.165) is 17.6 Å². The molecule has 1 heteroatoms. The van der Waals surface area contributed by atoms with Gasteiger partial charge in [-0.05, 0) is 102 Å². The lowest BCUT2D eigenvalue weighted by Gasteiger charge is -2.29. The number of benzene rings is 1. The van der Waals surface area contributed by atoms with Crippen LogP contribution in [-0.4, -0.2) is 5.75 Å². The summed E-state index contributed by atoms with van der Waals surface area (Å²) in [6.45, 7) is 10.9. The quantitative estimate of drug-likeness (QED) is 0.310. The van der Waals surface area contributed by atoms with Crippen LogP contribution in [-0.2, 0) is 0 Å². The van der Waals surface area contributed by atoms with E-state index in [1.165, 1.54) is 73.8 Å². The number of allylic oxidation sites excluding steroid dienone is 6. The molecule has 0 unspecified atom stereocenters.